The molecule has 0 aliphatic carbocycles. The molecule has 3 heteroatoms. The maximum atomic E-state index is 5.07. The molecule has 0 bridgehead atoms. The third kappa shape index (κ3) is 2.36. The number of nitrogens with zero attached hydrogens (tertiary/aromatic N) is 1. The van der Waals surface area contributed by atoms with Gasteiger partial charge in [0, 0.05) is 37.3 Å². The van der Waals surface area contributed by atoms with Crippen LogP contribution in [0.1, 0.15) is 19.4 Å². The zero-order valence-corrected chi connectivity index (χ0v) is 8.86. The lowest BCUT2D eigenvalue weighted by Gasteiger charge is -2.35. The molecule has 1 aliphatic rings. The van der Waals surface area contributed by atoms with Crippen molar-refractivity contribution in [1.82, 2.24) is 10.2 Å². The first-order valence-electron chi connectivity index (χ1n) is 5.23. The van der Waals surface area contributed by atoms with E-state index in [0.29, 0.717) is 12.1 Å². The molecule has 0 radical (unpaired) electrons. The molecule has 2 atom stereocenters. The van der Waals surface area contributed by atoms with Crippen molar-refractivity contribution in [1.29, 1.82) is 0 Å². The number of furan rings is 1. The van der Waals surface area contributed by atoms with Gasteiger partial charge < -0.3 is 9.73 Å². The average Bonchev–Trinajstić information content (AvgIpc) is 2.54. The first kappa shape index (κ1) is 9.74. The van der Waals surface area contributed by atoms with Crippen LogP contribution in [0.5, 0.6) is 0 Å². The normalized spacial score (nSPS) is 29.3. The Balaban J connectivity index is 1.91. The molecule has 1 aliphatic heterocycles. The van der Waals surface area contributed by atoms with E-state index >= 15 is 0 Å². The number of hydrogen-bond acceptors (Lipinski definition) is 3. The zero-order chi connectivity index (χ0) is 9.97. The summed E-state index contributed by atoms with van der Waals surface area (Å²) < 4.78 is 5.07. The van der Waals surface area contributed by atoms with E-state index in [-0.39, 0.29) is 0 Å². The van der Waals surface area contributed by atoms with Gasteiger partial charge in [0.15, 0.2) is 0 Å². The van der Waals surface area contributed by atoms with Crippen molar-refractivity contribution < 1.29 is 4.42 Å². The molecule has 1 aromatic rings. The van der Waals surface area contributed by atoms with Crippen LogP contribution in [-0.4, -0.2) is 30.1 Å². The second kappa shape index (κ2) is 4.15. The number of nitrogens with one attached hydrogen (secondary N) is 1. The molecule has 0 spiro atoms. The number of hydrogen-bond donors (Lipinski definition) is 1. The molecule has 0 aromatic carbocycles. The molecule has 3 nitrogen and oxygen atoms in total. The van der Waals surface area contributed by atoms with Crippen LogP contribution in [0.4, 0.5) is 0 Å². The highest BCUT2D eigenvalue weighted by atomic mass is 16.3. The predicted octanol–water partition coefficient (Wildman–Crippen LogP) is 1.46. The molecule has 14 heavy (non-hydrogen) atoms. The van der Waals surface area contributed by atoms with Crippen LogP contribution in [0, 0.1) is 0 Å². The summed E-state index contributed by atoms with van der Waals surface area (Å²) >= 11 is 0. The van der Waals surface area contributed by atoms with Gasteiger partial charge in [-0.25, -0.2) is 0 Å². The van der Waals surface area contributed by atoms with Crippen molar-refractivity contribution in [2.75, 3.05) is 13.1 Å². The Morgan fingerprint density at radius 2 is 2.14 bits per heavy atom. The summed E-state index contributed by atoms with van der Waals surface area (Å²) in [4.78, 5) is 2.47. The summed E-state index contributed by atoms with van der Waals surface area (Å²) in [5, 5.41) is 3.52. The third-order valence-electron chi connectivity index (χ3n) is 2.62. The standard InChI is InChI=1S/C11H18N2O/c1-9-5-13(6-10(2)12-9)7-11-3-4-14-8-11/h3-4,8-10,12H,5-7H2,1-2H3. The molecule has 1 N–H and O–H groups in total. The van der Waals surface area contributed by atoms with Crippen LogP contribution in [-0.2, 0) is 6.54 Å². The van der Waals surface area contributed by atoms with Crippen LogP contribution in [0.15, 0.2) is 23.0 Å². The fourth-order valence-electron chi connectivity index (χ4n) is 2.21. The van der Waals surface area contributed by atoms with Crippen LogP contribution in [0.2, 0.25) is 0 Å². The van der Waals surface area contributed by atoms with Crippen molar-refractivity contribution in [3.8, 4) is 0 Å². The lowest BCUT2D eigenvalue weighted by atomic mass is 10.1. The summed E-state index contributed by atoms with van der Waals surface area (Å²) in [6.07, 6.45) is 3.57. The minimum Gasteiger partial charge on any atom is -0.472 e. The van der Waals surface area contributed by atoms with Crippen molar-refractivity contribution in [2.45, 2.75) is 32.5 Å². The van der Waals surface area contributed by atoms with Gasteiger partial charge in [0.1, 0.15) is 0 Å². The van der Waals surface area contributed by atoms with E-state index in [1.54, 1.807) is 6.26 Å². The van der Waals surface area contributed by atoms with Gasteiger partial charge in [-0.2, -0.15) is 0 Å². The average molecular weight is 194 g/mol. The van der Waals surface area contributed by atoms with Gasteiger partial charge in [-0.05, 0) is 19.9 Å². The molecule has 1 fully saturated rings. The fraction of sp³-hybridized carbons (Fsp3) is 0.636. The van der Waals surface area contributed by atoms with Gasteiger partial charge in [0.25, 0.3) is 0 Å². The molecule has 78 valence electrons. The van der Waals surface area contributed by atoms with Gasteiger partial charge in [0.2, 0.25) is 0 Å². The van der Waals surface area contributed by atoms with Crippen LogP contribution in [0.25, 0.3) is 0 Å². The van der Waals surface area contributed by atoms with E-state index in [0.717, 1.165) is 19.6 Å². The van der Waals surface area contributed by atoms with Crippen LogP contribution < -0.4 is 5.32 Å². The molecule has 1 aromatic heterocycles. The first-order chi connectivity index (χ1) is 6.74. The lowest BCUT2D eigenvalue weighted by Crippen LogP contribution is -2.53. The van der Waals surface area contributed by atoms with E-state index in [1.165, 1.54) is 5.56 Å². The van der Waals surface area contributed by atoms with E-state index in [1.807, 2.05) is 12.3 Å². The zero-order valence-electron chi connectivity index (χ0n) is 8.86. The van der Waals surface area contributed by atoms with E-state index in [4.69, 9.17) is 4.42 Å². The van der Waals surface area contributed by atoms with Gasteiger partial charge in [-0.15, -0.1) is 0 Å². The first-order valence-corrected chi connectivity index (χ1v) is 5.23. The second-order valence-corrected chi connectivity index (χ2v) is 4.29. The highest BCUT2D eigenvalue weighted by Gasteiger charge is 2.20. The molecule has 2 rings (SSSR count). The largest absolute Gasteiger partial charge is 0.472 e. The summed E-state index contributed by atoms with van der Waals surface area (Å²) in [7, 11) is 0. The topological polar surface area (TPSA) is 28.4 Å². The highest BCUT2D eigenvalue weighted by molar-refractivity contribution is 5.05. The van der Waals surface area contributed by atoms with E-state index < -0.39 is 0 Å². The van der Waals surface area contributed by atoms with Gasteiger partial charge in [-0.1, -0.05) is 0 Å². The minimum atomic E-state index is 0.589. The molecule has 0 amide bonds. The van der Waals surface area contributed by atoms with Gasteiger partial charge in [0.05, 0.1) is 12.5 Å². The molecule has 2 heterocycles. The third-order valence-corrected chi connectivity index (χ3v) is 2.62. The van der Waals surface area contributed by atoms with Crippen LogP contribution >= 0.6 is 0 Å². The SMILES string of the molecule is CC1CN(Cc2ccoc2)CC(C)N1. The quantitative estimate of drug-likeness (QED) is 0.772. The van der Waals surface area contributed by atoms with Crippen LogP contribution in [0.3, 0.4) is 0 Å². The van der Waals surface area contributed by atoms with Crippen molar-refractivity contribution in [3.05, 3.63) is 24.2 Å². The summed E-state index contributed by atoms with van der Waals surface area (Å²) in [5.41, 5.74) is 1.27. The Kier molecular flexibility index (Phi) is 2.89. The van der Waals surface area contributed by atoms with Crippen molar-refractivity contribution >= 4 is 0 Å². The maximum absolute atomic E-state index is 5.07. The molecule has 2 unspecified atom stereocenters. The van der Waals surface area contributed by atoms with E-state index in [2.05, 4.69) is 24.1 Å². The maximum Gasteiger partial charge on any atom is 0.0947 e. The second-order valence-electron chi connectivity index (χ2n) is 4.29. The highest BCUT2D eigenvalue weighted by Crippen LogP contribution is 2.10. The number of rotatable bonds is 2. The minimum absolute atomic E-state index is 0.589. The summed E-state index contributed by atoms with van der Waals surface area (Å²) in [6.45, 7) is 7.72. The smallest absolute Gasteiger partial charge is 0.0947 e. The monoisotopic (exact) mass is 194 g/mol. The molecular formula is C11H18N2O. The Labute approximate surface area is 85.1 Å². The Hall–Kier alpha value is -0.800. The molecular weight excluding hydrogens is 176 g/mol. The Morgan fingerprint density at radius 3 is 2.71 bits per heavy atom. The Morgan fingerprint density at radius 1 is 1.43 bits per heavy atom. The summed E-state index contributed by atoms with van der Waals surface area (Å²) in [6, 6.07) is 3.22. The van der Waals surface area contributed by atoms with Crippen molar-refractivity contribution in [3.63, 3.8) is 0 Å². The fourth-order valence-corrected chi connectivity index (χ4v) is 2.21. The van der Waals surface area contributed by atoms with Gasteiger partial charge >= 0.3 is 0 Å². The van der Waals surface area contributed by atoms with Gasteiger partial charge in [-0.3, -0.25) is 4.90 Å². The van der Waals surface area contributed by atoms with E-state index in [9.17, 15) is 0 Å². The molecule has 0 saturated carbocycles. The predicted molar refractivity (Wildman–Crippen MR) is 56.0 cm³/mol. The number of piperazine rings is 1. The lowest BCUT2D eigenvalue weighted by molar-refractivity contribution is 0.166. The summed E-state index contributed by atoms with van der Waals surface area (Å²) in [5.74, 6) is 0. The Bertz CT molecular complexity index is 261. The van der Waals surface area contributed by atoms with Crippen molar-refractivity contribution in [2.24, 2.45) is 0 Å². The molecule has 1 saturated heterocycles.